The fourth-order valence-electron chi connectivity index (χ4n) is 3.59. The Morgan fingerprint density at radius 2 is 1.76 bits per heavy atom. The van der Waals surface area contributed by atoms with Crippen LogP contribution in [-0.2, 0) is 11.2 Å². The number of anilines is 1. The van der Waals surface area contributed by atoms with Gasteiger partial charge in [-0.1, -0.05) is 59.8 Å². The summed E-state index contributed by atoms with van der Waals surface area (Å²) in [5, 5.41) is 12.5. The smallest absolute Gasteiger partial charge is 0.234 e. The molecule has 1 heterocycles. The summed E-state index contributed by atoms with van der Waals surface area (Å²) in [4.78, 5) is 12.6. The molecule has 0 radical (unpaired) electrons. The number of aromatic nitrogens is 3. The zero-order chi connectivity index (χ0) is 23.2. The molecular formula is C26H26N4O2S. The van der Waals surface area contributed by atoms with Gasteiger partial charge in [-0.05, 0) is 55.3 Å². The van der Waals surface area contributed by atoms with Crippen LogP contribution in [0, 0.1) is 13.8 Å². The number of methoxy groups -OCH3 is 1. The van der Waals surface area contributed by atoms with Crippen molar-refractivity contribution in [1.29, 1.82) is 0 Å². The lowest BCUT2D eigenvalue weighted by atomic mass is 10.1. The van der Waals surface area contributed by atoms with Crippen LogP contribution in [0.3, 0.4) is 0 Å². The van der Waals surface area contributed by atoms with E-state index in [1.54, 1.807) is 7.11 Å². The second kappa shape index (κ2) is 10.4. The largest absolute Gasteiger partial charge is 0.497 e. The number of carbonyl (C=O) groups excluding carboxylic acids is 1. The molecule has 3 aromatic carbocycles. The van der Waals surface area contributed by atoms with E-state index >= 15 is 0 Å². The van der Waals surface area contributed by atoms with Crippen LogP contribution in [0.1, 0.15) is 22.5 Å². The Morgan fingerprint density at radius 1 is 1.00 bits per heavy atom. The molecule has 168 valence electrons. The Hall–Kier alpha value is -3.58. The van der Waals surface area contributed by atoms with Gasteiger partial charge in [-0.25, -0.2) is 0 Å². The van der Waals surface area contributed by atoms with Gasteiger partial charge < -0.3 is 10.1 Å². The average molecular weight is 459 g/mol. The number of hydrogen-bond donors (Lipinski definition) is 1. The molecule has 1 N–H and O–H groups in total. The van der Waals surface area contributed by atoms with E-state index in [1.165, 1.54) is 17.3 Å². The molecule has 0 aliphatic rings. The van der Waals surface area contributed by atoms with Crippen LogP contribution in [0.15, 0.2) is 78.0 Å². The molecule has 0 saturated heterocycles. The zero-order valence-corrected chi connectivity index (χ0v) is 19.7. The molecule has 6 nitrogen and oxygen atoms in total. The second-order valence-electron chi connectivity index (χ2n) is 7.75. The number of nitrogens with zero attached hydrogens (tertiary/aromatic N) is 3. The van der Waals surface area contributed by atoms with Crippen LogP contribution in [0.2, 0.25) is 0 Å². The first kappa shape index (κ1) is 22.6. The van der Waals surface area contributed by atoms with Gasteiger partial charge in [-0.3, -0.25) is 9.36 Å². The minimum Gasteiger partial charge on any atom is -0.497 e. The lowest BCUT2D eigenvalue weighted by Crippen LogP contribution is -2.14. The molecule has 4 aromatic rings. The molecule has 0 aliphatic heterocycles. The van der Waals surface area contributed by atoms with Crippen LogP contribution in [0.5, 0.6) is 5.75 Å². The van der Waals surface area contributed by atoms with Crippen molar-refractivity contribution in [2.75, 3.05) is 18.2 Å². The number of hydrogen-bond acceptors (Lipinski definition) is 5. The average Bonchev–Trinajstić information content (AvgIpc) is 3.21. The molecule has 0 atom stereocenters. The van der Waals surface area contributed by atoms with Crippen molar-refractivity contribution in [3.05, 3.63) is 95.3 Å². The van der Waals surface area contributed by atoms with Crippen molar-refractivity contribution in [1.82, 2.24) is 14.8 Å². The molecule has 7 heteroatoms. The van der Waals surface area contributed by atoms with Gasteiger partial charge in [0.1, 0.15) is 11.6 Å². The fourth-order valence-corrected chi connectivity index (χ4v) is 4.35. The summed E-state index contributed by atoms with van der Waals surface area (Å²) >= 11 is 1.37. The van der Waals surface area contributed by atoms with Crippen molar-refractivity contribution in [3.8, 4) is 11.4 Å². The number of rotatable bonds is 8. The van der Waals surface area contributed by atoms with E-state index < -0.39 is 0 Å². The summed E-state index contributed by atoms with van der Waals surface area (Å²) in [5.74, 6) is 1.70. The van der Waals surface area contributed by atoms with Gasteiger partial charge in [-0.15, -0.1) is 10.2 Å². The highest BCUT2D eigenvalue weighted by Crippen LogP contribution is 2.26. The lowest BCUT2D eigenvalue weighted by Gasteiger charge is -2.14. The van der Waals surface area contributed by atoms with E-state index in [0.29, 0.717) is 11.6 Å². The number of nitrogens with one attached hydrogen (secondary N) is 1. The van der Waals surface area contributed by atoms with Crippen molar-refractivity contribution in [2.45, 2.75) is 25.4 Å². The molecular weight excluding hydrogens is 432 g/mol. The number of amides is 1. The van der Waals surface area contributed by atoms with Crippen molar-refractivity contribution in [2.24, 2.45) is 0 Å². The minimum atomic E-state index is -0.107. The molecule has 0 unspecified atom stereocenters. The molecule has 0 bridgehead atoms. The number of benzene rings is 3. The maximum absolute atomic E-state index is 12.6. The molecule has 4 rings (SSSR count). The molecule has 33 heavy (non-hydrogen) atoms. The molecule has 0 fully saturated rings. The van der Waals surface area contributed by atoms with Gasteiger partial charge in [0.2, 0.25) is 5.91 Å². The van der Waals surface area contributed by atoms with E-state index in [1.807, 2.05) is 42.5 Å². The van der Waals surface area contributed by atoms with E-state index in [4.69, 9.17) is 4.74 Å². The fraction of sp³-hybridized carbons (Fsp3) is 0.192. The SMILES string of the molecule is COc1ccc(NC(=O)CSc2nnc(Cc3ccccc3)n2-c2ccc(C)cc2C)cc1. The number of aryl methyl sites for hydroxylation is 2. The lowest BCUT2D eigenvalue weighted by molar-refractivity contribution is -0.113. The Balaban J connectivity index is 1.56. The highest BCUT2D eigenvalue weighted by atomic mass is 32.2. The predicted octanol–water partition coefficient (Wildman–Crippen LogP) is 5.21. The number of ether oxygens (including phenoxy) is 1. The van der Waals surface area contributed by atoms with E-state index in [-0.39, 0.29) is 11.7 Å². The Morgan fingerprint density at radius 3 is 2.45 bits per heavy atom. The van der Waals surface area contributed by atoms with Crippen molar-refractivity contribution < 1.29 is 9.53 Å². The predicted molar refractivity (Wildman–Crippen MR) is 132 cm³/mol. The molecule has 0 spiro atoms. The highest BCUT2D eigenvalue weighted by Gasteiger charge is 2.18. The number of carbonyl (C=O) groups is 1. The van der Waals surface area contributed by atoms with Crippen molar-refractivity contribution >= 4 is 23.4 Å². The van der Waals surface area contributed by atoms with E-state index in [2.05, 4.69) is 64.3 Å². The molecule has 0 saturated carbocycles. The highest BCUT2D eigenvalue weighted by molar-refractivity contribution is 7.99. The third-order valence-electron chi connectivity index (χ3n) is 5.20. The quantitative estimate of drug-likeness (QED) is 0.367. The van der Waals surface area contributed by atoms with E-state index in [9.17, 15) is 4.79 Å². The van der Waals surface area contributed by atoms with Crippen LogP contribution < -0.4 is 10.1 Å². The summed E-state index contributed by atoms with van der Waals surface area (Å²) in [6.07, 6.45) is 0.653. The Kier molecular flexibility index (Phi) is 7.10. The van der Waals surface area contributed by atoms with Crippen LogP contribution in [0.25, 0.3) is 5.69 Å². The first-order chi connectivity index (χ1) is 16.0. The van der Waals surface area contributed by atoms with Gasteiger partial charge in [0.25, 0.3) is 0 Å². The van der Waals surface area contributed by atoms with Gasteiger partial charge in [-0.2, -0.15) is 0 Å². The summed E-state index contributed by atoms with van der Waals surface area (Å²) in [7, 11) is 1.61. The topological polar surface area (TPSA) is 69.0 Å². The summed E-state index contributed by atoms with van der Waals surface area (Å²) in [6, 6.07) is 23.8. The van der Waals surface area contributed by atoms with Gasteiger partial charge >= 0.3 is 0 Å². The normalized spacial score (nSPS) is 10.8. The Bertz CT molecular complexity index is 1240. The monoisotopic (exact) mass is 458 g/mol. The molecule has 1 aromatic heterocycles. The molecule has 0 aliphatic carbocycles. The second-order valence-corrected chi connectivity index (χ2v) is 8.69. The van der Waals surface area contributed by atoms with Gasteiger partial charge in [0.05, 0.1) is 18.6 Å². The summed E-state index contributed by atoms with van der Waals surface area (Å²) in [5.41, 5.74) is 5.23. The van der Waals surface area contributed by atoms with Gasteiger partial charge in [0, 0.05) is 12.1 Å². The third-order valence-corrected chi connectivity index (χ3v) is 6.13. The third kappa shape index (κ3) is 5.62. The van der Waals surface area contributed by atoms with E-state index in [0.717, 1.165) is 34.1 Å². The van der Waals surface area contributed by atoms with Crippen LogP contribution in [0.4, 0.5) is 5.69 Å². The summed E-state index contributed by atoms with van der Waals surface area (Å²) in [6.45, 7) is 4.16. The zero-order valence-electron chi connectivity index (χ0n) is 18.9. The maximum atomic E-state index is 12.6. The van der Waals surface area contributed by atoms with Crippen LogP contribution >= 0.6 is 11.8 Å². The first-order valence-corrected chi connectivity index (χ1v) is 11.6. The minimum absolute atomic E-state index is 0.107. The standard InChI is InChI=1S/C26H26N4O2S/c1-18-9-14-23(19(2)15-18)30-24(16-20-7-5-4-6-8-20)28-29-26(30)33-17-25(31)27-21-10-12-22(32-3)13-11-21/h4-15H,16-17H2,1-3H3,(H,27,31). The first-order valence-electron chi connectivity index (χ1n) is 10.7. The van der Waals surface area contributed by atoms with Crippen LogP contribution in [-0.4, -0.2) is 33.5 Å². The summed E-state index contributed by atoms with van der Waals surface area (Å²) < 4.78 is 7.22. The van der Waals surface area contributed by atoms with Gasteiger partial charge in [0.15, 0.2) is 5.16 Å². The number of thioether (sulfide) groups is 1. The Labute approximate surface area is 198 Å². The van der Waals surface area contributed by atoms with Crippen molar-refractivity contribution in [3.63, 3.8) is 0 Å². The maximum Gasteiger partial charge on any atom is 0.234 e. The molecule has 1 amide bonds.